The van der Waals surface area contributed by atoms with Gasteiger partial charge >= 0.3 is 12.1 Å². The molecule has 0 atom stereocenters. The van der Waals surface area contributed by atoms with Gasteiger partial charge in [0.15, 0.2) is 0 Å². The van der Waals surface area contributed by atoms with Crippen LogP contribution >= 0.6 is 0 Å². The van der Waals surface area contributed by atoms with Crippen molar-refractivity contribution in [1.29, 1.82) is 0 Å². The van der Waals surface area contributed by atoms with Crippen molar-refractivity contribution in [2.75, 3.05) is 19.0 Å². The molecule has 0 saturated heterocycles. The summed E-state index contributed by atoms with van der Waals surface area (Å²) in [5.41, 5.74) is -1.20. The van der Waals surface area contributed by atoms with Crippen LogP contribution < -0.4 is 5.32 Å². The Morgan fingerprint density at radius 1 is 1.36 bits per heavy atom. The highest BCUT2D eigenvalue weighted by Gasteiger charge is 2.71. The highest BCUT2D eigenvalue weighted by atomic mass is 19.4. The summed E-state index contributed by atoms with van der Waals surface area (Å²) in [6.07, 6.45) is -2.41. The first-order chi connectivity index (χ1) is 10.2. The highest BCUT2D eigenvalue weighted by Crippen LogP contribution is 2.73. The van der Waals surface area contributed by atoms with E-state index < -0.39 is 11.7 Å². The standard InChI is InChI=1S/C15H16F3NO3/c1-22-12(21)14-5-13(6-14,7-14)8-19-10-4-9(15(16,17)18)2-3-11(10)20/h2-4,19-20H,5-8H2,1H3. The Labute approximate surface area is 125 Å². The maximum absolute atomic E-state index is 12.7. The van der Waals surface area contributed by atoms with E-state index in [9.17, 15) is 23.1 Å². The topological polar surface area (TPSA) is 58.6 Å². The van der Waals surface area contributed by atoms with Gasteiger partial charge in [-0.3, -0.25) is 4.79 Å². The number of ether oxygens (including phenoxy) is 1. The van der Waals surface area contributed by atoms with Gasteiger partial charge in [-0.05, 0) is 42.9 Å². The van der Waals surface area contributed by atoms with E-state index in [0.717, 1.165) is 18.2 Å². The molecule has 2 N–H and O–H groups in total. The monoisotopic (exact) mass is 315 g/mol. The summed E-state index contributed by atoms with van der Waals surface area (Å²) < 4.78 is 42.8. The molecule has 4 rings (SSSR count). The number of benzene rings is 1. The van der Waals surface area contributed by atoms with Crippen LogP contribution in [0, 0.1) is 10.8 Å². The van der Waals surface area contributed by atoms with Gasteiger partial charge in [0.25, 0.3) is 0 Å². The molecule has 0 unspecified atom stereocenters. The molecule has 0 aliphatic heterocycles. The van der Waals surface area contributed by atoms with Gasteiger partial charge in [0.1, 0.15) is 5.75 Å². The molecule has 0 amide bonds. The Hall–Kier alpha value is -1.92. The van der Waals surface area contributed by atoms with Crippen molar-refractivity contribution in [2.24, 2.45) is 10.8 Å². The Morgan fingerprint density at radius 3 is 2.55 bits per heavy atom. The zero-order valence-electron chi connectivity index (χ0n) is 12.0. The van der Waals surface area contributed by atoms with Gasteiger partial charge in [-0.25, -0.2) is 0 Å². The average Bonchev–Trinajstić information content (AvgIpc) is 2.35. The zero-order valence-corrected chi connectivity index (χ0v) is 12.0. The molecule has 3 fully saturated rings. The van der Waals surface area contributed by atoms with Gasteiger partial charge in [-0.2, -0.15) is 13.2 Å². The fourth-order valence-electron chi connectivity index (χ4n) is 3.76. The van der Waals surface area contributed by atoms with E-state index in [-0.39, 0.29) is 28.2 Å². The van der Waals surface area contributed by atoms with Crippen LogP contribution in [-0.4, -0.2) is 24.7 Å². The number of aromatic hydroxyl groups is 1. The number of hydrogen-bond acceptors (Lipinski definition) is 4. The van der Waals surface area contributed by atoms with Gasteiger partial charge in [0, 0.05) is 6.54 Å². The molecule has 3 aliphatic rings. The number of alkyl halides is 3. The third-order valence-corrected chi connectivity index (χ3v) is 4.74. The summed E-state index contributed by atoms with van der Waals surface area (Å²) in [6.45, 7) is 0.431. The number of nitrogens with one attached hydrogen (secondary N) is 1. The summed E-state index contributed by atoms with van der Waals surface area (Å²) in [6, 6.07) is 2.77. The zero-order chi connectivity index (χ0) is 16.2. The van der Waals surface area contributed by atoms with Crippen LogP contribution in [-0.2, 0) is 15.7 Å². The van der Waals surface area contributed by atoms with Crippen molar-refractivity contribution < 1.29 is 27.8 Å². The van der Waals surface area contributed by atoms with E-state index in [2.05, 4.69) is 5.32 Å². The van der Waals surface area contributed by atoms with Crippen molar-refractivity contribution in [3.05, 3.63) is 23.8 Å². The maximum Gasteiger partial charge on any atom is 0.416 e. The lowest BCUT2D eigenvalue weighted by Crippen LogP contribution is -2.67. The Kier molecular flexibility index (Phi) is 3.09. The lowest BCUT2D eigenvalue weighted by atomic mass is 9.35. The largest absolute Gasteiger partial charge is 0.506 e. The number of rotatable bonds is 4. The molecule has 1 aromatic carbocycles. The van der Waals surface area contributed by atoms with Gasteiger partial charge in [-0.1, -0.05) is 0 Å². The number of carbonyl (C=O) groups is 1. The lowest BCUT2D eigenvalue weighted by Gasteiger charge is -2.68. The van der Waals surface area contributed by atoms with Gasteiger partial charge in [0.05, 0.1) is 23.8 Å². The maximum atomic E-state index is 12.7. The predicted octanol–water partition coefficient (Wildman–Crippen LogP) is 3.17. The van der Waals surface area contributed by atoms with Gasteiger partial charge in [-0.15, -0.1) is 0 Å². The van der Waals surface area contributed by atoms with E-state index in [0.29, 0.717) is 25.8 Å². The number of esters is 1. The summed E-state index contributed by atoms with van der Waals surface area (Å²) in [7, 11) is 1.36. The summed E-state index contributed by atoms with van der Waals surface area (Å²) in [5, 5.41) is 12.6. The Morgan fingerprint density at radius 2 is 2.00 bits per heavy atom. The molecule has 4 nitrogen and oxygen atoms in total. The third-order valence-electron chi connectivity index (χ3n) is 4.74. The molecular formula is C15H16F3NO3. The van der Waals surface area contributed by atoms with Crippen LogP contribution in [0.2, 0.25) is 0 Å². The van der Waals surface area contributed by atoms with Crippen molar-refractivity contribution in [3.8, 4) is 5.75 Å². The fraction of sp³-hybridized carbons (Fsp3) is 0.533. The second-order valence-corrected chi connectivity index (χ2v) is 6.39. The minimum atomic E-state index is -4.45. The molecule has 3 aliphatic carbocycles. The predicted molar refractivity (Wildman–Crippen MR) is 72.3 cm³/mol. The molecule has 0 aromatic heterocycles. The second kappa shape index (κ2) is 4.54. The molecule has 3 saturated carbocycles. The van der Waals surface area contributed by atoms with E-state index >= 15 is 0 Å². The van der Waals surface area contributed by atoms with E-state index in [1.165, 1.54) is 7.11 Å². The number of halogens is 3. The van der Waals surface area contributed by atoms with Gasteiger partial charge in [0.2, 0.25) is 0 Å². The number of anilines is 1. The third kappa shape index (κ3) is 2.19. The van der Waals surface area contributed by atoms with Crippen molar-refractivity contribution in [1.82, 2.24) is 0 Å². The molecular weight excluding hydrogens is 299 g/mol. The number of phenolic OH excluding ortho intramolecular Hbond substituents is 1. The van der Waals surface area contributed by atoms with Crippen molar-refractivity contribution in [2.45, 2.75) is 25.4 Å². The Bertz CT molecular complexity index is 607. The molecule has 0 spiro atoms. The van der Waals surface area contributed by atoms with Crippen LogP contribution in [0.4, 0.5) is 18.9 Å². The Balaban J connectivity index is 1.63. The lowest BCUT2D eigenvalue weighted by molar-refractivity contribution is -0.220. The minimum Gasteiger partial charge on any atom is -0.506 e. The summed E-state index contributed by atoms with van der Waals surface area (Å²) in [4.78, 5) is 11.6. The van der Waals surface area contributed by atoms with Crippen LogP contribution in [0.15, 0.2) is 18.2 Å². The van der Waals surface area contributed by atoms with Gasteiger partial charge < -0.3 is 15.2 Å². The van der Waals surface area contributed by atoms with E-state index in [1.807, 2.05) is 0 Å². The van der Waals surface area contributed by atoms with Crippen LogP contribution in [0.5, 0.6) is 5.75 Å². The normalized spacial score (nSPS) is 29.3. The number of hydrogen-bond donors (Lipinski definition) is 2. The van der Waals surface area contributed by atoms with Crippen molar-refractivity contribution >= 4 is 11.7 Å². The van der Waals surface area contributed by atoms with E-state index in [4.69, 9.17) is 4.74 Å². The highest BCUT2D eigenvalue weighted by molar-refractivity contribution is 5.81. The molecule has 0 heterocycles. The second-order valence-electron chi connectivity index (χ2n) is 6.39. The van der Waals surface area contributed by atoms with E-state index in [1.54, 1.807) is 0 Å². The SMILES string of the molecule is COC(=O)C12CC(CNc3cc(C(F)(F)F)ccc3O)(C1)C2. The molecule has 120 valence electrons. The number of methoxy groups -OCH3 is 1. The van der Waals surface area contributed by atoms with Crippen molar-refractivity contribution in [3.63, 3.8) is 0 Å². The first-order valence-corrected chi connectivity index (χ1v) is 6.92. The first kappa shape index (κ1) is 15.0. The summed E-state index contributed by atoms with van der Waals surface area (Å²) in [5.74, 6) is -0.432. The smallest absolute Gasteiger partial charge is 0.416 e. The minimum absolute atomic E-state index is 0.0617. The summed E-state index contributed by atoms with van der Waals surface area (Å²) >= 11 is 0. The first-order valence-electron chi connectivity index (χ1n) is 6.92. The molecule has 0 radical (unpaired) electrons. The number of carbonyl (C=O) groups excluding carboxylic acids is 1. The molecule has 1 aromatic rings. The molecule has 2 bridgehead atoms. The quantitative estimate of drug-likeness (QED) is 0.662. The number of phenols is 1. The van der Waals surface area contributed by atoms with Crippen LogP contribution in [0.3, 0.4) is 0 Å². The fourth-order valence-corrected chi connectivity index (χ4v) is 3.76. The average molecular weight is 315 g/mol. The van der Waals surface area contributed by atoms with Crippen LogP contribution in [0.25, 0.3) is 0 Å². The molecule has 7 heteroatoms. The van der Waals surface area contributed by atoms with Crippen LogP contribution in [0.1, 0.15) is 24.8 Å². The molecule has 22 heavy (non-hydrogen) atoms.